The molecule has 3 aromatic carbocycles. The van der Waals surface area contributed by atoms with Crippen LogP contribution in [0, 0.1) is 0 Å². The molecular weight excluding hydrogens is 526 g/mol. The zero-order valence-corrected chi connectivity index (χ0v) is 23.0. The smallest absolute Gasteiger partial charge is 0.264 e. The number of hydrogen-bond acceptors (Lipinski definition) is 6. The first-order valence-electron chi connectivity index (χ1n) is 12.3. The molecule has 0 aliphatic carbocycles. The lowest BCUT2D eigenvalue weighted by Crippen LogP contribution is -2.38. The zero-order valence-electron chi connectivity index (χ0n) is 21.3. The maximum absolute atomic E-state index is 13.7. The van der Waals surface area contributed by atoms with Crippen molar-refractivity contribution in [1.82, 2.24) is 4.31 Å². The Morgan fingerprint density at radius 1 is 0.921 bits per heavy atom. The number of para-hydroxylation sites is 1. The molecule has 1 aliphatic heterocycles. The van der Waals surface area contributed by atoms with Crippen LogP contribution in [-0.4, -0.2) is 53.8 Å². The molecule has 1 saturated heterocycles. The highest BCUT2D eigenvalue weighted by molar-refractivity contribution is 7.92. The molecule has 1 aliphatic rings. The summed E-state index contributed by atoms with van der Waals surface area (Å²) in [6.07, 6.45) is 2.15. The number of aryl methyl sites for hydroxylation is 1. The van der Waals surface area contributed by atoms with Crippen molar-refractivity contribution in [1.29, 1.82) is 0 Å². The first-order chi connectivity index (χ1) is 18.2. The number of rotatable bonds is 10. The lowest BCUT2D eigenvalue weighted by atomic mass is 10.1. The van der Waals surface area contributed by atoms with Crippen molar-refractivity contribution >= 4 is 37.3 Å². The molecule has 0 saturated carbocycles. The number of hydrogen-bond donors (Lipinski definition) is 1. The van der Waals surface area contributed by atoms with Gasteiger partial charge in [0.05, 0.1) is 28.3 Å². The molecule has 0 atom stereocenters. The van der Waals surface area contributed by atoms with Crippen LogP contribution in [0.1, 0.15) is 25.3 Å². The average Bonchev–Trinajstić information content (AvgIpc) is 3.48. The van der Waals surface area contributed by atoms with E-state index in [-0.39, 0.29) is 21.2 Å². The van der Waals surface area contributed by atoms with Crippen LogP contribution in [0.5, 0.6) is 5.75 Å². The van der Waals surface area contributed by atoms with Gasteiger partial charge in [0.15, 0.2) is 0 Å². The Balaban J connectivity index is 1.68. The van der Waals surface area contributed by atoms with Gasteiger partial charge in [-0.15, -0.1) is 0 Å². The summed E-state index contributed by atoms with van der Waals surface area (Å²) in [5, 5.41) is 2.67. The normalized spacial score (nSPS) is 14.3. The molecule has 11 heteroatoms. The average molecular weight is 558 g/mol. The van der Waals surface area contributed by atoms with Gasteiger partial charge in [-0.3, -0.25) is 9.10 Å². The molecule has 1 fully saturated rings. The Bertz CT molecular complexity index is 1500. The third-order valence-electron chi connectivity index (χ3n) is 6.41. The van der Waals surface area contributed by atoms with Gasteiger partial charge in [-0.25, -0.2) is 16.8 Å². The number of carbonyl (C=O) groups excluding carboxylic acids is 1. The van der Waals surface area contributed by atoms with Crippen molar-refractivity contribution in [3.8, 4) is 5.75 Å². The quantitative estimate of drug-likeness (QED) is 0.405. The second kappa shape index (κ2) is 11.5. The Morgan fingerprint density at radius 3 is 2.24 bits per heavy atom. The molecule has 0 aromatic heterocycles. The van der Waals surface area contributed by atoms with Gasteiger partial charge < -0.3 is 10.1 Å². The number of benzene rings is 3. The van der Waals surface area contributed by atoms with Gasteiger partial charge in [-0.05, 0) is 61.2 Å². The van der Waals surface area contributed by atoms with Crippen molar-refractivity contribution in [2.24, 2.45) is 0 Å². The van der Waals surface area contributed by atoms with Crippen LogP contribution in [0.4, 0.5) is 11.4 Å². The number of amides is 1. The molecule has 0 bridgehead atoms. The number of methoxy groups -OCH3 is 1. The van der Waals surface area contributed by atoms with Crippen molar-refractivity contribution in [3.05, 3.63) is 78.4 Å². The molecule has 1 amide bonds. The minimum absolute atomic E-state index is 0.0283. The molecule has 38 heavy (non-hydrogen) atoms. The molecule has 3 aromatic rings. The van der Waals surface area contributed by atoms with Crippen molar-refractivity contribution in [3.63, 3.8) is 0 Å². The lowest BCUT2D eigenvalue weighted by molar-refractivity contribution is -0.114. The van der Waals surface area contributed by atoms with Crippen LogP contribution in [0.3, 0.4) is 0 Å². The summed E-state index contributed by atoms with van der Waals surface area (Å²) >= 11 is 0. The molecule has 0 unspecified atom stereocenters. The fourth-order valence-electron chi connectivity index (χ4n) is 4.42. The summed E-state index contributed by atoms with van der Waals surface area (Å²) in [6.45, 7) is 2.27. The third kappa shape index (κ3) is 5.69. The van der Waals surface area contributed by atoms with E-state index in [4.69, 9.17) is 4.74 Å². The van der Waals surface area contributed by atoms with E-state index in [1.54, 1.807) is 30.3 Å². The van der Waals surface area contributed by atoms with E-state index in [1.165, 1.54) is 41.7 Å². The number of nitrogens with zero attached hydrogens (tertiary/aromatic N) is 2. The van der Waals surface area contributed by atoms with E-state index in [9.17, 15) is 21.6 Å². The first-order valence-corrected chi connectivity index (χ1v) is 15.2. The summed E-state index contributed by atoms with van der Waals surface area (Å²) in [5.41, 5.74) is 1.29. The van der Waals surface area contributed by atoms with Gasteiger partial charge in [0.2, 0.25) is 15.9 Å². The molecule has 1 N–H and O–H groups in total. The maximum Gasteiger partial charge on any atom is 0.264 e. The van der Waals surface area contributed by atoms with Gasteiger partial charge in [0.1, 0.15) is 12.3 Å². The number of carbonyl (C=O) groups is 1. The van der Waals surface area contributed by atoms with E-state index in [2.05, 4.69) is 5.32 Å². The Labute approximate surface area is 224 Å². The van der Waals surface area contributed by atoms with Gasteiger partial charge in [0.25, 0.3) is 10.0 Å². The number of nitrogens with one attached hydrogen (secondary N) is 1. The largest absolute Gasteiger partial charge is 0.495 e. The van der Waals surface area contributed by atoms with Gasteiger partial charge in [-0.2, -0.15) is 4.31 Å². The second-order valence-corrected chi connectivity index (χ2v) is 12.6. The molecule has 4 rings (SSSR count). The first kappa shape index (κ1) is 27.6. The number of ether oxygens (including phenoxy) is 1. The number of anilines is 2. The summed E-state index contributed by atoms with van der Waals surface area (Å²) in [6, 6.07) is 19.2. The van der Waals surface area contributed by atoms with Crippen molar-refractivity contribution in [2.45, 2.75) is 36.0 Å². The van der Waals surface area contributed by atoms with E-state index in [0.717, 1.165) is 22.7 Å². The Morgan fingerprint density at radius 2 is 1.58 bits per heavy atom. The Kier molecular flexibility index (Phi) is 8.39. The molecular formula is C27H31N3O6S2. The van der Waals surface area contributed by atoms with Gasteiger partial charge in [0, 0.05) is 13.1 Å². The fraction of sp³-hybridized carbons (Fsp3) is 0.296. The second-order valence-electron chi connectivity index (χ2n) is 8.83. The Hall–Kier alpha value is -3.41. The highest BCUT2D eigenvalue weighted by Crippen LogP contribution is 2.31. The van der Waals surface area contributed by atoms with Gasteiger partial charge >= 0.3 is 0 Å². The van der Waals surface area contributed by atoms with Crippen LogP contribution in [0.2, 0.25) is 0 Å². The summed E-state index contributed by atoms with van der Waals surface area (Å²) in [5.74, 6) is -0.394. The highest BCUT2D eigenvalue weighted by atomic mass is 32.2. The standard InChI is InChI=1S/C27H31N3O6S2/c1-3-21-11-7-8-14-25(21)30(38(34,35)22-12-5-4-6-13-22)20-27(31)28-24-19-23(15-16-26(24)36-2)37(32,33)29-17-9-10-18-29/h4-8,11-16,19H,3,9-10,17-18,20H2,1-2H3,(H,28,31). The van der Waals surface area contributed by atoms with Crippen molar-refractivity contribution in [2.75, 3.05) is 36.4 Å². The predicted octanol–water partition coefficient (Wildman–Crippen LogP) is 3.88. The van der Waals surface area contributed by atoms with Gasteiger partial charge in [-0.1, -0.05) is 43.3 Å². The SMILES string of the molecule is CCc1ccccc1N(CC(=O)Nc1cc(S(=O)(=O)N2CCCC2)ccc1OC)S(=O)(=O)c1ccccc1. The molecule has 1 heterocycles. The third-order valence-corrected chi connectivity index (χ3v) is 10.1. The molecule has 202 valence electrons. The zero-order chi connectivity index (χ0) is 27.3. The van der Waals surface area contributed by atoms with Crippen LogP contribution in [0.15, 0.2) is 82.6 Å². The monoisotopic (exact) mass is 557 g/mol. The van der Waals surface area contributed by atoms with Crippen LogP contribution < -0.4 is 14.4 Å². The highest BCUT2D eigenvalue weighted by Gasteiger charge is 2.30. The molecule has 0 radical (unpaired) electrons. The maximum atomic E-state index is 13.7. The van der Waals surface area contributed by atoms with E-state index < -0.39 is 32.5 Å². The van der Waals surface area contributed by atoms with E-state index >= 15 is 0 Å². The van der Waals surface area contributed by atoms with E-state index in [1.807, 2.05) is 19.1 Å². The van der Waals surface area contributed by atoms with Crippen LogP contribution in [0.25, 0.3) is 0 Å². The fourth-order valence-corrected chi connectivity index (χ4v) is 7.44. The molecule has 0 spiro atoms. The van der Waals surface area contributed by atoms with Crippen LogP contribution >= 0.6 is 0 Å². The summed E-state index contributed by atoms with van der Waals surface area (Å²) in [7, 11) is -6.42. The number of sulfonamides is 2. The van der Waals surface area contributed by atoms with E-state index in [0.29, 0.717) is 25.2 Å². The molecule has 9 nitrogen and oxygen atoms in total. The predicted molar refractivity (Wildman–Crippen MR) is 146 cm³/mol. The summed E-state index contributed by atoms with van der Waals surface area (Å²) in [4.78, 5) is 13.4. The lowest BCUT2D eigenvalue weighted by Gasteiger charge is -2.26. The van der Waals surface area contributed by atoms with Crippen molar-refractivity contribution < 1.29 is 26.4 Å². The minimum atomic E-state index is -4.09. The summed E-state index contributed by atoms with van der Waals surface area (Å²) < 4.78 is 61.4. The minimum Gasteiger partial charge on any atom is -0.495 e. The van der Waals surface area contributed by atoms with Crippen LogP contribution in [-0.2, 0) is 31.3 Å². The topological polar surface area (TPSA) is 113 Å².